The maximum Gasteiger partial charge on any atom is 0.508 e. The first kappa shape index (κ1) is 13.1. The van der Waals surface area contributed by atoms with Gasteiger partial charge in [-0.3, -0.25) is 4.18 Å². The van der Waals surface area contributed by atoms with Crippen molar-refractivity contribution in [2.24, 2.45) is 0 Å². The summed E-state index contributed by atoms with van der Waals surface area (Å²) in [6.07, 6.45) is -1.54. The van der Waals surface area contributed by atoms with Crippen molar-refractivity contribution in [3.8, 4) is 0 Å². The number of ether oxygens (including phenoxy) is 2. The van der Waals surface area contributed by atoms with Crippen LogP contribution in [0.25, 0.3) is 0 Å². The first-order chi connectivity index (χ1) is 8.47. The van der Waals surface area contributed by atoms with Crippen LogP contribution in [0.4, 0.5) is 4.79 Å². The summed E-state index contributed by atoms with van der Waals surface area (Å²) in [5.41, 5.74) is 0. The molecule has 18 heavy (non-hydrogen) atoms. The zero-order chi connectivity index (χ0) is 13.2. The van der Waals surface area contributed by atoms with Gasteiger partial charge in [0.2, 0.25) is 0 Å². The highest BCUT2D eigenvalue weighted by Gasteiger charge is 2.27. The van der Waals surface area contributed by atoms with Crippen molar-refractivity contribution < 1.29 is 26.9 Å². The number of benzene rings is 1. The lowest BCUT2D eigenvalue weighted by molar-refractivity contribution is 0.0996. The molecule has 8 heteroatoms. The molecule has 98 valence electrons. The van der Waals surface area contributed by atoms with Crippen molar-refractivity contribution in [1.29, 1.82) is 0 Å². The Morgan fingerprint density at radius 1 is 1.33 bits per heavy atom. The average Bonchev–Trinajstić information content (AvgIpc) is 2.73. The summed E-state index contributed by atoms with van der Waals surface area (Å²) in [5.74, 6) is 0. The largest absolute Gasteiger partial charge is 0.508 e. The summed E-state index contributed by atoms with van der Waals surface area (Å²) < 4.78 is 37.4. The zero-order valence-electron chi connectivity index (χ0n) is 9.04. The Hall–Kier alpha value is -1.31. The van der Waals surface area contributed by atoms with Crippen molar-refractivity contribution in [2.45, 2.75) is 11.0 Å². The van der Waals surface area contributed by atoms with Gasteiger partial charge in [-0.15, -0.1) is 0 Å². The predicted molar refractivity (Wildman–Crippen MR) is 60.8 cm³/mol. The van der Waals surface area contributed by atoms with Gasteiger partial charge >= 0.3 is 6.16 Å². The quantitative estimate of drug-likeness (QED) is 0.619. The Kier molecular flexibility index (Phi) is 3.74. The van der Waals surface area contributed by atoms with Crippen LogP contribution in [0.1, 0.15) is 0 Å². The van der Waals surface area contributed by atoms with Crippen LogP contribution in [0.5, 0.6) is 0 Å². The molecule has 0 bridgehead atoms. The topological polar surface area (TPSA) is 78.9 Å². The van der Waals surface area contributed by atoms with Gasteiger partial charge in [-0.2, -0.15) is 8.42 Å². The summed E-state index contributed by atoms with van der Waals surface area (Å²) in [6, 6.07) is 5.54. The van der Waals surface area contributed by atoms with E-state index in [9.17, 15) is 13.2 Å². The summed E-state index contributed by atoms with van der Waals surface area (Å²) in [7, 11) is -3.89. The van der Waals surface area contributed by atoms with E-state index >= 15 is 0 Å². The molecule has 0 N–H and O–H groups in total. The summed E-state index contributed by atoms with van der Waals surface area (Å²) in [4.78, 5) is 10.6. The lowest BCUT2D eigenvalue weighted by atomic mass is 10.4. The number of halogens is 1. The standard InChI is InChI=1S/C10H9ClO6S/c11-7-1-3-9(4-2-7)18(13,14)16-6-8-5-15-10(12)17-8/h1-4,8H,5-6H2. The van der Waals surface area contributed by atoms with Gasteiger partial charge in [0.05, 0.1) is 4.90 Å². The van der Waals surface area contributed by atoms with Gasteiger partial charge in [0.15, 0.2) is 6.10 Å². The lowest BCUT2D eigenvalue weighted by Crippen LogP contribution is -2.21. The maximum absolute atomic E-state index is 11.7. The van der Waals surface area contributed by atoms with E-state index in [0.29, 0.717) is 5.02 Å². The van der Waals surface area contributed by atoms with Crippen LogP contribution in [0.15, 0.2) is 29.2 Å². The van der Waals surface area contributed by atoms with Gasteiger partial charge in [-0.05, 0) is 24.3 Å². The molecule has 1 aliphatic heterocycles. The molecular formula is C10H9ClO6S. The molecule has 0 spiro atoms. The van der Waals surface area contributed by atoms with E-state index in [0.717, 1.165) is 0 Å². The minimum absolute atomic E-state index is 0.0165. The number of carbonyl (C=O) groups excluding carboxylic acids is 1. The molecular weight excluding hydrogens is 284 g/mol. The van der Waals surface area contributed by atoms with Crippen LogP contribution in [-0.2, 0) is 23.8 Å². The van der Waals surface area contributed by atoms with Crippen LogP contribution in [0, 0.1) is 0 Å². The molecule has 0 aromatic heterocycles. The molecule has 2 rings (SSSR count). The highest BCUT2D eigenvalue weighted by Crippen LogP contribution is 2.17. The molecule has 0 amide bonds. The van der Waals surface area contributed by atoms with Crippen LogP contribution in [-0.4, -0.2) is 33.9 Å². The summed E-state index contributed by atoms with van der Waals surface area (Å²) in [6.45, 7) is -0.300. The van der Waals surface area contributed by atoms with Crippen LogP contribution >= 0.6 is 11.6 Å². The van der Waals surface area contributed by atoms with E-state index < -0.39 is 22.4 Å². The minimum Gasteiger partial charge on any atom is -0.430 e. The van der Waals surface area contributed by atoms with Gasteiger partial charge in [-0.1, -0.05) is 11.6 Å². The second-order valence-electron chi connectivity index (χ2n) is 3.49. The molecule has 1 heterocycles. The SMILES string of the molecule is O=C1OCC(COS(=O)(=O)c2ccc(Cl)cc2)O1. The highest BCUT2D eigenvalue weighted by atomic mass is 35.5. The third-order valence-electron chi connectivity index (χ3n) is 2.16. The Morgan fingerprint density at radius 2 is 2.00 bits per heavy atom. The predicted octanol–water partition coefficient (Wildman–Crippen LogP) is 1.58. The second-order valence-corrected chi connectivity index (χ2v) is 5.55. The number of cyclic esters (lactones) is 2. The number of rotatable bonds is 4. The Morgan fingerprint density at radius 3 is 2.56 bits per heavy atom. The fraction of sp³-hybridized carbons (Fsp3) is 0.300. The second kappa shape index (κ2) is 5.13. The summed E-state index contributed by atoms with van der Waals surface area (Å²) in [5, 5.41) is 0.423. The molecule has 1 aliphatic rings. The highest BCUT2D eigenvalue weighted by molar-refractivity contribution is 7.86. The fourth-order valence-corrected chi connectivity index (χ4v) is 2.34. The van der Waals surface area contributed by atoms with E-state index in [-0.39, 0.29) is 18.1 Å². The van der Waals surface area contributed by atoms with Crippen molar-refractivity contribution in [2.75, 3.05) is 13.2 Å². The third kappa shape index (κ3) is 3.12. The molecule has 0 radical (unpaired) electrons. The average molecular weight is 293 g/mol. The van der Waals surface area contributed by atoms with E-state index in [4.69, 9.17) is 15.8 Å². The van der Waals surface area contributed by atoms with Gasteiger partial charge in [0.25, 0.3) is 10.1 Å². The maximum atomic E-state index is 11.7. The number of hydrogen-bond donors (Lipinski definition) is 0. The minimum atomic E-state index is -3.89. The van der Waals surface area contributed by atoms with Crippen LogP contribution in [0.3, 0.4) is 0 Å². The molecule has 0 saturated carbocycles. The Bertz CT molecular complexity index is 538. The molecule has 1 atom stereocenters. The van der Waals surface area contributed by atoms with Gasteiger partial charge in [0, 0.05) is 5.02 Å². The third-order valence-corrected chi connectivity index (χ3v) is 3.71. The van der Waals surface area contributed by atoms with Crippen molar-refractivity contribution in [1.82, 2.24) is 0 Å². The molecule has 1 saturated heterocycles. The van der Waals surface area contributed by atoms with E-state index in [1.54, 1.807) is 0 Å². The smallest absolute Gasteiger partial charge is 0.430 e. The summed E-state index contributed by atoms with van der Waals surface area (Å²) >= 11 is 5.65. The number of hydrogen-bond acceptors (Lipinski definition) is 6. The Labute approximate surface area is 109 Å². The van der Waals surface area contributed by atoms with Crippen LogP contribution < -0.4 is 0 Å². The molecule has 6 nitrogen and oxygen atoms in total. The lowest BCUT2D eigenvalue weighted by Gasteiger charge is -2.08. The molecule has 1 aromatic carbocycles. The normalized spacial score (nSPS) is 19.4. The molecule has 1 aromatic rings. The van der Waals surface area contributed by atoms with E-state index in [2.05, 4.69) is 9.47 Å². The van der Waals surface area contributed by atoms with Gasteiger partial charge in [-0.25, -0.2) is 4.79 Å². The Balaban J connectivity index is 1.99. The van der Waals surface area contributed by atoms with E-state index in [1.807, 2.05) is 0 Å². The van der Waals surface area contributed by atoms with Gasteiger partial charge in [0.1, 0.15) is 13.2 Å². The monoisotopic (exact) mass is 292 g/mol. The van der Waals surface area contributed by atoms with Gasteiger partial charge < -0.3 is 9.47 Å². The van der Waals surface area contributed by atoms with Crippen LogP contribution in [0.2, 0.25) is 5.02 Å². The molecule has 1 fully saturated rings. The molecule has 1 unspecified atom stereocenters. The van der Waals surface area contributed by atoms with Crippen molar-refractivity contribution >= 4 is 27.9 Å². The molecule has 0 aliphatic carbocycles. The van der Waals surface area contributed by atoms with E-state index in [1.165, 1.54) is 24.3 Å². The first-order valence-corrected chi connectivity index (χ1v) is 6.74. The number of carbonyl (C=O) groups is 1. The zero-order valence-corrected chi connectivity index (χ0v) is 10.6. The first-order valence-electron chi connectivity index (χ1n) is 4.96. The van der Waals surface area contributed by atoms with Crippen molar-refractivity contribution in [3.05, 3.63) is 29.3 Å². The van der Waals surface area contributed by atoms with Crippen molar-refractivity contribution in [3.63, 3.8) is 0 Å². The fourth-order valence-electron chi connectivity index (χ4n) is 1.28.